The molecule has 0 bridgehead atoms. The molecular weight excluding hydrogens is 418 g/mol. The second-order valence-electron chi connectivity index (χ2n) is 10.2. The third kappa shape index (κ3) is 5.25. The van der Waals surface area contributed by atoms with Gasteiger partial charge in [0.25, 0.3) is 0 Å². The van der Waals surface area contributed by atoms with Crippen LogP contribution in [0, 0.1) is 5.92 Å². The van der Waals surface area contributed by atoms with Crippen molar-refractivity contribution in [1.29, 1.82) is 0 Å². The molecule has 4 aromatic rings. The minimum Gasteiger partial charge on any atom is -0.361 e. The summed E-state index contributed by atoms with van der Waals surface area (Å²) in [5.74, 6) is 1.47. The van der Waals surface area contributed by atoms with Crippen LogP contribution in [0.25, 0.3) is 16.6 Å². The lowest BCUT2D eigenvalue weighted by Gasteiger charge is -2.36. The normalized spacial score (nSPS) is 19.6. The summed E-state index contributed by atoms with van der Waals surface area (Å²) in [4.78, 5) is 6.07. The van der Waals surface area contributed by atoms with E-state index in [-0.39, 0.29) is 0 Å². The number of rotatable bonds is 9. The largest absolute Gasteiger partial charge is 0.361 e. The molecule has 1 N–H and O–H groups in total. The van der Waals surface area contributed by atoms with Crippen LogP contribution in [0.5, 0.6) is 0 Å². The summed E-state index contributed by atoms with van der Waals surface area (Å²) >= 11 is 0. The Morgan fingerprint density at radius 1 is 1.03 bits per heavy atom. The molecule has 1 aliphatic rings. The summed E-state index contributed by atoms with van der Waals surface area (Å²) in [7, 11) is 2.33. The minimum atomic E-state index is 0.589. The minimum absolute atomic E-state index is 0.589. The van der Waals surface area contributed by atoms with E-state index in [4.69, 9.17) is 0 Å². The first-order valence-electron chi connectivity index (χ1n) is 12.9. The van der Waals surface area contributed by atoms with E-state index in [1.54, 1.807) is 12.7 Å². The van der Waals surface area contributed by atoms with Crippen molar-refractivity contribution in [3.63, 3.8) is 0 Å². The molecule has 5 heteroatoms. The number of hydrogen-bond donors (Lipinski definition) is 1. The maximum Gasteiger partial charge on any atom is 0.123 e. The van der Waals surface area contributed by atoms with Crippen LogP contribution in [0.2, 0.25) is 0 Å². The zero-order chi connectivity index (χ0) is 23.3. The molecule has 178 valence electrons. The molecule has 0 saturated heterocycles. The highest BCUT2D eigenvalue weighted by molar-refractivity contribution is 5.85. The second kappa shape index (κ2) is 10.6. The van der Waals surface area contributed by atoms with Gasteiger partial charge in [-0.15, -0.1) is 10.2 Å². The van der Waals surface area contributed by atoms with E-state index in [0.29, 0.717) is 5.92 Å². The molecule has 2 aromatic heterocycles. The lowest BCUT2D eigenvalue weighted by atomic mass is 9.82. The first-order chi connectivity index (χ1) is 16.7. The Morgan fingerprint density at radius 3 is 2.56 bits per heavy atom. The van der Waals surface area contributed by atoms with E-state index in [1.807, 2.05) is 4.57 Å². The molecule has 1 atom stereocenters. The van der Waals surface area contributed by atoms with Crippen molar-refractivity contribution < 1.29 is 0 Å². The second-order valence-corrected chi connectivity index (χ2v) is 10.2. The fourth-order valence-electron chi connectivity index (χ4n) is 5.79. The highest BCUT2D eigenvalue weighted by Gasteiger charge is 2.24. The summed E-state index contributed by atoms with van der Waals surface area (Å²) in [6, 6.07) is 18.2. The fourth-order valence-corrected chi connectivity index (χ4v) is 5.79. The highest BCUT2D eigenvalue weighted by atomic mass is 15.2. The molecule has 0 radical (unpaired) electrons. The number of hydrogen-bond acceptors (Lipinski definition) is 3. The van der Waals surface area contributed by atoms with E-state index in [2.05, 4.69) is 88.8 Å². The van der Waals surface area contributed by atoms with Crippen molar-refractivity contribution in [2.75, 3.05) is 13.6 Å². The van der Waals surface area contributed by atoms with Gasteiger partial charge >= 0.3 is 0 Å². The van der Waals surface area contributed by atoms with E-state index in [1.165, 1.54) is 60.6 Å². The summed E-state index contributed by atoms with van der Waals surface area (Å²) in [6.45, 7) is 3.51. The molecule has 1 aliphatic carbocycles. The van der Waals surface area contributed by atoms with Crippen LogP contribution in [-0.2, 0) is 6.42 Å². The predicted octanol–water partition coefficient (Wildman–Crippen LogP) is 6.37. The first-order valence-corrected chi connectivity index (χ1v) is 12.9. The van der Waals surface area contributed by atoms with Gasteiger partial charge < -0.3 is 9.88 Å². The van der Waals surface area contributed by atoms with Gasteiger partial charge in [0.15, 0.2) is 0 Å². The van der Waals surface area contributed by atoms with Crippen LogP contribution in [0.4, 0.5) is 0 Å². The van der Waals surface area contributed by atoms with Crippen molar-refractivity contribution >= 4 is 10.9 Å². The van der Waals surface area contributed by atoms with Crippen LogP contribution in [-0.4, -0.2) is 44.3 Å². The topological polar surface area (TPSA) is 49.7 Å². The lowest BCUT2D eigenvalue weighted by Crippen LogP contribution is -2.37. The van der Waals surface area contributed by atoms with E-state index in [0.717, 1.165) is 30.6 Å². The standard InChI is InChI=1S/C29H37N5/c1-22(24-8-4-3-5-9-24)19-33(2)26-13-11-23(12-14-26)7-6-10-25-18-30-29-16-15-27(17-28(25)29)34-20-31-32-21-34/h3-5,8-9,15-18,20-23,26,30H,6-7,10-14,19H2,1-2H3. The molecule has 1 saturated carbocycles. The van der Waals surface area contributed by atoms with Gasteiger partial charge in [0, 0.05) is 35.4 Å². The Hall–Kier alpha value is -2.92. The summed E-state index contributed by atoms with van der Waals surface area (Å²) < 4.78 is 1.96. The SMILES string of the molecule is CC(CN(C)C1CCC(CCCc2c[nH]c3ccc(-n4cnnc4)cc23)CC1)c1ccccc1. The molecule has 5 nitrogen and oxygen atoms in total. The quantitative estimate of drug-likeness (QED) is 0.319. The smallest absolute Gasteiger partial charge is 0.123 e. The average molecular weight is 456 g/mol. The average Bonchev–Trinajstić information content (AvgIpc) is 3.55. The summed E-state index contributed by atoms with van der Waals surface area (Å²) in [5.41, 5.74) is 5.20. The van der Waals surface area contributed by atoms with Crippen LogP contribution in [0.1, 0.15) is 62.5 Å². The molecular formula is C29H37N5. The van der Waals surface area contributed by atoms with Gasteiger partial charge in [-0.2, -0.15) is 0 Å². The van der Waals surface area contributed by atoms with Crippen molar-refractivity contribution in [3.8, 4) is 5.69 Å². The molecule has 1 unspecified atom stereocenters. The maximum absolute atomic E-state index is 3.94. The number of nitrogens with one attached hydrogen (secondary N) is 1. The molecule has 0 spiro atoms. The number of H-pyrrole nitrogens is 1. The zero-order valence-electron chi connectivity index (χ0n) is 20.5. The van der Waals surface area contributed by atoms with Gasteiger partial charge in [0.2, 0.25) is 0 Å². The number of fused-ring (bicyclic) bond motifs is 1. The van der Waals surface area contributed by atoms with Gasteiger partial charge in [0.1, 0.15) is 12.7 Å². The van der Waals surface area contributed by atoms with Crippen LogP contribution >= 0.6 is 0 Å². The monoisotopic (exact) mass is 455 g/mol. The highest BCUT2D eigenvalue weighted by Crippen LogP contribution is 2.32. The van der Waals surface area contributed by atoms with Crippen LogP contribution < -0.4 is 0 Å². The Bertz CT molecular complexity index is 1160. The van der Waals surface area contributed by atoms with Gasteiger partial charge in [0.05, 0.1) is 0 Å². The molecule has 5 rings (SSSR count). The summed E-state index contributed by atoms with van der Waals surface area (Å²) in [5, 5.41) is 9.20. The number of aryl methyl sites for hydroxylation is 1. The number of likely N-dealkylation sites (N-methyl/N-ethyl adjacent to an activating group) is 1. The van der Waals surface area contributed by atoms with Gasteiger partial charge in [-0.3, -0.25) is 4.57 Å². The van der Waals surface area contributed by atoms with Crippen molar-refractivity contribution in [3.05, 3.63) is 78.5 Å². The third-order valence-corrected chi connectivity index (χ3v) is 7.90. The van der Waals surface area contributed by atoms with Crippen molar-refractivity contribution in [2.45, 2.75) is 63.8 Å². The molecule has 1 fully saturated rings. The Morgan fingerprint density at radius 2 is 1.79 bits per heavy atom. The number of aromatic amines is 1. The van der Waals surface area contributed by atoms with E-state index in [9.17, 15) is 0 Å². The van der Waals surface area contributed by atoms with Crippen molar-refractivity contribution in [1.82, 2.24) is 24.6 Å². The third-order valence-electron chi connectivity index (χ3n) is 7.90. The molecule has 2 aromatic carbocycles. The number of benzene rings is 2. The van der Waals surface area contributed by atoms with Crippen LogP contribution in [0.15, 0.2) is 67.4 Å². The Balaban J connectivity index is 1.09. The fraction of sp³-hybridized carbons (Fsp3) is 0.448. The Kier molecular flexibility index (Phi) is 7.10. The molecule has 0 aliphatic heterocycles. The van der Waals surface area contributed by atoms with E-state index >= 15 is 0 Å². The predicted molar refractivity (Wildman–Crippen MR) is 139 cm³/mol. The van der Waals surface area contributed by atoms with Gasteiger partial charge in [-0.1, -0.05) is 43.7 Å². The van der Waals surface area contributed by atoms with Gasteiger partial charge in [-0.25, -0.2) is 0 Å². The Labute approximate surface area is 203 Å². The van der Waals surface area contributed by atoms with Gasteiger partial charge in [-0.05, 0) is 86.7 Å². The number of nitrogens with zero attached hydrogens (tertiary/aromatic N) is 4. The lowest BCUT2D eigenvalue weighted by molar-refractivity contribution is 0.155. The van der Waals surface area contributed by atoms with Crippen molar-refractivity contribution in [2.24, 2.45) is 5.92 Å². The number of aromatic nitrogens is 4. The summed E-state index contributed by atoms with van der Waals surface area (Å²) in [6.07, 6.45) is 14.9. The first kappa shape index (κ1) is 22.9. The van der Waals surface area contributed by atoms with E-state index < -0.39 is 0 Å². The maximum atomic E-state index is 3.94. The molecule has 34 heavy (non-hydrogen) atoms. The zero-order valence-corrected chi connectivity index (χ0v) is 20.5. The molecule has 0 amide bonds. The van der Waals surface area contributed by atoms with Crippen LogP contribution in [0.3, 0.4) is 0 Å². The molecule has 2 heterocycles.